The highest BCUT2D eigenvalue weighted by molar-refractivity contribution is 5.74. The molecule has 0 saturated carbocycles. The SMILES string of the molecule is CC(C)(C)OC(=O)N1CCC(n2ccc(C=O)cc2=O)CC1. The molecule has 1 aromatic heterocycles. The molecule has 6 nitrogen and oxygen atoms in total. The van der Waals surface area contributed by atoms with E-state index >= 15 is 0 Å². The first-order valence-corrected chi connectivity index (χ1v) is 7.45. The van der Waals surface area contributed by atoms with E-state index in [9.17, 15) is 14.4 Å². The maximum Gasteiger partial charge on any atom is 0.410 e. The molecule has 1 fully saturated rings. The molecule has 0 radical (unpaired) electrons. The predicted octanol–water partition coefficient (Wildman–Crippen LogP) is 2.23. The summed E-state index contributed by atoms with van der Waals surface area (Å²) in [5.74, 6) is 0. The molecule has 1 saturated heterocycles. The third-order valence-electron chi connectivity index (χ3n) is 3.62. The fourth-order valence-corrected chi connectivity index (χ4v) is 2.53. The first kappa shape index (κ1) is 16.3. The molecule has 0 aliphatic carbocycles. The van der Waals surface area contributed by atoms with E-state index in [2.05, 4.69) is 0 Å². The predicted molar refractivity (Wildman–Crippen MR) is 82.2 cm³/mol. The molecule has 120 valence electrons. The monoisotopic (exact) mass is 306 g/mol. The number of hydrogen-bond donors (Lipinski definition) is 0. The van der Waals surface area contributed by atoms with E-state index in [1.807, 2.05) is 20.8 Å². The van der Waals surface area contributed by atoms with Crippen molar-refractivity contribution in [3.05, 3.63) is 34.2 Å². The van der Waals surface area contributed by atoms with Crippen molar-refractivity contribution in [1.82, 2.24) is 9.47 Å². The van der Waals surface area contributed by atoms with Crippen LogP contribution in [0.25, 0.3) is 0 Å². The summed E-state index contributed by atoms with van der Waals surface area (Å²) < 4.78 is 6.99. The second-order valence-electron chi connectivity index (χ2n) is 6.52. The van der Waals surface area contributed by atoms with Gasteiger partial charge in [-0.3, -0.25) is 9.59 Å². The Morgan fingerprint density at radius 1 is 1.32 bits per heavy atom. The smallest absolute Gasteiger partial charge is 0.410 e. The van der Waals surface area contributed by atoms with Gasteiger partial charge in [-0.15, -0.1) is 0 Å². The first-order chi connectivity index (χ1) is 10.3. The Balaban J connectivity index is 1.99. The lowest BCUT2D eigenvalue weighted by atomic mass is 10.0. The van der Waals surface area contributed by atoms with Crippen molar-refractivity contribution in [2.24, 2.45) is 0 Å². The van der Waals surface area contributed by atoms with Gasteiger partial charge in [0.2, 0.25) is 0 Å². The Labute approximate surface area is 129 Å². The normalized spacial score (nSPS) is 16.4. The van der Waals surface area contributed by atoms with Crippen molar-refractivity contribution in [2.75, 3.05) is 13.1 Å². The van der Waals surface area contributed by atoms with E-state index in [1.165, 1.54) is 6.07 Å². The second-order valence-corrected chi connectivity index (χ2v) is 6.52. The maximum absolute atomic E-state index is 12.0. The fourth-order valence-electron chi connectivity index (χ4n) is 2.53. The lowest BCUT2D eigenvalue weighted by molar-refractivity contribution is 0.0187. The molecular weight excluding hydrogens is 284 g/mol. The van der Waals surface area contributed by atoms with Gasteiger partial charge < -0.3 is 14.2 Å². The standard InChI is InChI=1S/C16H22N2O4/c1-16(2,3)22-15(21)17-7-5-13(6-8-17)18-9-4-12(11-19)10-14(18)20/h4,9-11,13H,5-8H2,1-3H3. The summed E-state index contributed by atoms with van der Waals surface area (Å²) in [6.07, 6.45) is 3.39. The lowest BCUT2D eigenvalue weighted by Gasteiger charge is -2.34. The molecule has 2 rings (SSSR count). The average Bonchev–Trinajstić information content (AvgIpc) is 2.45. The second kappa shape index (κ2) is 6.34. The van der Waals surface area contributed by atoms with E-state index in [0.717, 1.165) is 0 Å². The summed E-state index contributed by atoms with van der Waals surface area (Å²) >= 11 is 0. The zero-order valence-corrected chi connectivity index (χ0v) is 13.2. The molecular formula is C16H22N2O4. The number of piperidine rings is 1. The third kappa shape index (κ3) is 3.96. The van der Waals surface area contributed by atoms with Gasteiger partial charge in [0.15, 0.2) is 0 Å². The van der Waals surface area contributed by atoms with Gasteiger partial charge in [-0.2, -0.15) is 0 Å². The average molecular weight is 306 g/mol. The van der Waals surface area contributed by atoms with E-state index in [4.69, 9.17) is 4.74 Å². The van der Waals surface area contributed by atoms with Gasteiger partial charge >= 0.3 is 6.09 Å². The molecule has 1 aliphatic heterocycles. The molecule has 2 heterocycles. The molecule has 0 unspecified atom stereocenters. The summed E-state index contributed by atoms with van der Waals surface area (Å²) in [5.41, 5.74) is -0.303. The Kier molecular flexibility index (Phi) is 4.68. The molecule has 0 bridgehead atoms. The van der Waals surface area contributed by atoms with E-state index in [1.54, 1.807) is 21.7 Å². The van der Waals surface area contributed by atoms with Crippen molar-refractivity contribution in [1.29, 1.82) is 0 Å². The quantitative estimate of drug-likeness (QED) is 0.786. The van der Waals surface area contributed by atoms with Crippen molar-refractivity contribution < 1.29 is 14.3 Å². The van der Waals surface area contributed by atoms with E-state index in [0.29, 0.717) is 37.8 Å². The number of nitrogens with zero attached hydrogens (tertiary/aromatic N) is 2. The van der Waals surface area contributed by atoms with Gasteiger partial charge in [0.05, 0.1) is 0 Å². The highest BCUT2D eigenvalue weighted by Crippen LogP contribution is 2.22. The first-order valence-electron chi connectivity index (χ1n) is 7.45. The number of likely N-dealkylation sites (tertiary alicyclic amines) is 1. The van der Waals surface area contributed by atoms with Crippen molar-refractivity contribution >= 4 is 12.4 Å². The number of ether oxygens (including phenoxy) is 1. The maximum atomic E-state index is 12.0. The molecule has 1 amide bonds. The van der Waals surface area contributed by atoms with Crippen LogP contribution >= 0.6 is 0 Å². The topological polar surface area (TPSA) is 68.6 Å². The molecule has 22 heavy (non-hydrogen) atoms. The van der Waals surface area contributed by atoms with Crippen LogP contribution in [-0.4, -0.2) is 40.5 Å². The Hall–Kier alpha value is -2.11. The van der Waals surface area contributed by atoms with Crippen LogP contribution in [0.3, 0.4) is 0 Å². The molecule has 0 N–H and O–H groups in total. The molecule has 1 aromatic rings. The third-order valence-corrected chi connectivity index (χ3v) is 3.62. The zero-order valence-electron chi connectivity index (χ0n) is 13.2. The summed E-state index contributed by atoms with van der Waals surface area (Å²) in [6.45, 7) is 6.63. The Bertz CT molecular complexity index is 607. The van der Waals surface area contributed by atoms with Crippen LogP contribution in [0.2, 0.25) is 0 Å². The highest BCUT2D eigenvalue weighted by atomic mass is 16.6. The van der Waals surface area contributed by atoms with Crippen LogP contribution in [0, 0.1) is 0 Å². The Morgan fingerprint density at radius 2 is 1.95 bits per heavy atom. The molecule has 1 aliphatic rings. The highest BCUT2D eigenvalue weighted by Gasteiger charge is 2.27. The van der Waals surface area contributed by atoms with Gasteiger partial charge in [0, 0.05) is 37.0 Å². The van der Waals surface area contributed by atoms with Crippen LogP contribution in [0.15, 0.2) is 23.1 Å². The van der Waals surface area contributed by atoms with Gasteiger partial charge in [-0.05, 0) is 39.7 Å². The van der Waals surface area contributed by atoms with Crippen molar-refractivity contribution in [2.45, 2.75) is 45.3 Å². The van der Waals surface area contributed by atoms with Gasteiger partial charge in [0.25, 0.3) is 5.56 Å². The van der Waals surface area contributed by atoms with Crippen LogP contribution in [0.4, 0.5) is 4.79 Å². The van der Waals surface area contributed by atoms with Crippen molar-refractivity contribution in [3.8, 4) is 0 Å². The summed E-state index contributed by atoms with van der Waals surface area (Å²) in [4.78, 5) is 36.3. The van der Waals surface area contributed by atoms with Crippen LogP contribution in [0.1, 0.15) is 50.0 Å². The number of rotatable bonds is 2. The summed E-state index contributed by atoms with van der Waals surface area (Å²) in [6, 6.07) is 3.02. The number of carbonyl (C=O) groups is 2. The number of pyridine rings is 1. The van der Waals surface area contributed by atoms with Gasteiger partial charge in [-0.25, -0.2) is 4.79 Å². The summed E-state index contributed by atoms with van der Waals surface area (Å²) in [5, 5.41) is 0. The number of hydrogen-bond acceptors (Lipinski definition) is 4. The molecule has 0 atom stereocenters. The zero-order chi connectivity index (χ0) is 16.3. The van der Waals surface area contributed by atoms with Gasteiger partial charge in [-0.1, -0.05) is 0 Å². The van der Waals surface area contributed by atoms with E-state index < -0.39 is 5.60 Å². The minimum Gasteiger partial charge on any atom is -0.444 e. The number of aromatic nitrogens is 1. The van der Waals surface area contributed by atoms with Crippen LogP contribution in [0.5, 0.6) is 0 Å². The number of amides is 1. The Morgan fingerprint density at radius 3 is 2.45 bits per heavy atom. The molecule has 0 spiro atoms. The minimum atomic E-state index is -0.504. The minimum absolute atomic E-state index is 0.0480. The fraction of sp³-hybridized carbons (Fsp3) is 0.562. The molecule has 6 heteroatoms. The summed E-state index contributed by atoms with van der Waals surface area (Å²) in [7, 11) is 0. The van der Waals surface area contributed by atoms with Crippen molar-refractivity contribution in [3.63, 3.8) is 0 Å². The van der Waals surface area contributed by atoms with Crippen LogP contribution < -0.4 is 5.56 Å². The number of carbonyl (C=O) groups excluding carboxylic acids is 2. The van der Waals surface area contributed by atoms with Crippen LogP contribution in [-0.2, 0) is 4.74 Å². The van der Waals surface area contributed by atoms with Gasteiger partial charge in [0.1, 0.15) is 11.9 Å². The number of aldehydes is 1. The molecule has 0 aromatic carbocycles. The lowest BCUT2D eigenvalue weighted by Crippen LogP contribution is -2.43. The van der Waals surface area contributed by atoms with E-state index in [-0.39, 0.29) is 17.7 Å². The largest absolute Gasteiger partial charge is 0.444 e.